The molecule has 0 aliphatic carbocycles. The maximum Gasteiger partial charge on any atom is 0.481 e. The van der Waals surface area contributed by atoms with E-state index in [-0.39, 0.29) is 6.61 Å². The van der Waals surface area contributed by atoms with Crippen molar-refractivity contribution >= 4 is 15.6 Å². The van der Waals surface area contributed by atoms with E-state index < -0.39 is 15.6 Å². The van der Waals surface area contributed by atoms with Gasteiger partial charge in [-0.1, -0.05) is 34.9 Å². The van der Waals surface area contributed by atoms with Crippen molar-refractivity contribution in [1.29, 1.82) is 0 Å². The quantitative estimate of drug-likeness (QED) is 0.353. The summed E-state index contributed by atoms with van der Waals surface area (Å²) in [5.41, 5.74) is 3.57. The monoisotopic (exact) mass is 382 g/mol. The molecule has 9 heteroatoms. The van der Waals surface area contributed by atoms with Crippen LogP contribution in [-0.4, -0.2) is 21.3 Å². The summed E-state index contributed by atoms with van der Waals surface area (Å²) >= 11 is 0. The first kappa shape index (κ1) is 23.5. The molecule has 0 heterocycles. The second kappa shape index (κ2) is 11.2. The predicted molar refractivity (Wildman–Crippen MR) is 94.3 cm³/mol. The van der Waals surface area contributed by atoms with E-state index in [2.05, 4.69) is 41.8 Å². The smallest absolute Gasteiger partial charge is 0.302 e. The lowest BCUT2D eigenvalue weighted by Crippen LogP contribution is -1.94. The highest BCUT2D eigenvalue weighted by molar-refractivity contribution is 7.60. The largest absolute Gasteiger partial charge is 0.481 e. The fourth-order valence-corrected chi connectivity index (χ4v) is 3.30. The van der Waals surface area contributed by atoms with Crippen LogP contribution in [0.4, 0.5) is 0 Å². The lowest BCUT2D eigenvalue weighted by Gasteiger charge is -2.11. The minimum atomic E-state index is -5.07. The molecule has 0 fully saturated rings. The topological polar surface area (TPSA) is 113 Å². The molecule has 1 unspecified atom stereocenters. The van der Waals surface area contributed by atoms with Crippen molar-refractivity contribution in [3.8, 4) is 0 Å². The van der Waals surface area contributed by atoms with Crippen molar-refractivity contribution in [2.24, 2.45) is 0 Å². The van der Waals surface area contributed by atoms with Crippen LogP contribution in [0.2, 0.25) is 0 Å². The molecule has 24 heavy (non-hydrogen) atoms. The molecule has 3 N–H and O–H groups in total. The Morgan fingerprint density at radius 2 is 1.38 bits per heavy atom. The Balaban J connectivity index is 4.18. The van der Waals surface area contributed by atoms with E-state index in [9.17, 15) is 9.13 Å². The molecular formula is C15H28O7P2. The van der Waals surface area contributed by atoms with Gasteiger partial charge in [0, 0.05) is 0 Å². The molecule has 0 aliphatic rings. The minimum absolute atomic E-state index is 0.261. The van der Waals surface area contributed by atoms with E-state index in [4.69, 9.17) is 14.7 Å². The standard InChI is InChI=1S/C15H28O7P2/c1-13(2)7-5-8-14(3)9-6-10-15(4)11-12-21-24(19,20)22-23(16,17)18/h7,9,11H,5-6,8,10,12H2,1-4H3,(H,19,20)(H2,16,17,18)/b14-9-,15-11+. The van der Waals surface area contributed by atoms with Crippen LogP contribution in [0.15, 0.2) is 34.9 Å². The number of phosphoric ester groups is 1. The van der Waals surface area contributed by atoms with Crippen LogP contribution in [0.1, 0.15) is 53.4 Å². The maximum atomic E-state index is 11.2. The van der Waals surface area contributed by atoms with Gasteiger partial charge >= 0.3 is 15.6 Å². The molecule has 0 saturated carbocycles. The number of phosphoric acid groups is 2. The molecule has 0 amide bonds. The highest BCUT2D eigenvalue weighted by Gasteiger charge is 2.31. The molecule has 1 atom stereocenters. The van der Waals surface area contributed by atoms with Crippen molar-refractivity contribution in [1.82, 2.24) is 0 Å². The number of hydrogen-bond donors (Lipinski definition) is 3. The van der Waals surface area contributed by atoms with Gasteiger partial charge in [0.2, 0.25) is 0 Å². The Labute approximate surface area is 143 Å². The van der Waals surface area contributed by atoms with Gasteiger partial charge < -0.3 is 14.7 Å². The molecule has 0 aromatic rings. The third kappa shape index (κ3) is 15.0. The normalized spacial score (nSPS) is 16.0. The molecule has 0 aromatic heterocycles. The molecule has 0 aromatic carbocycles. The van der Waals surface area contributed by atoms with Crippen LogP contribution in [0, 0.1) is 0 Å². The van der Waals surface area contributed by atoms with Crippen molar-refractivity contribution in [2.45, 2.75) is 53.4 Å². The lowest BCUT2D eigenvalue weighted by molar-refractivity contribution is 0.191. The Hall–Kier alpha value is -0.520. The summed E-state index contributed by atoms with van der Waals surface area (Å²) in [6.07, 6.45) is 9.59. The van der Waals surface area contributed by atoms with Gasteiger partial charge in [0.15, 0.2) is 0 Å². The summed E-state index contributed by atoms with van der Waals surface area (Å²) in [4.78, 5) is 26.1. The fraction of sp³-hybridized carbons (Fsp3) is 0.600. The van der Waals surface area contributed by atoms with Crippen molar-refractivity contribution < 1.29 is 32.6 Å². The first-order valence-electron chi connectivity index (χ1n) is 7.60. The maximum absolute atomic E-state index is 11.2. The third-order valence-corrected chi connectivity index (χ3v) is 5.15. The zero-order valence-corrected chi connectivity index (χ0v) is 16.4. The van der Waals surface area contributed by atoms with Gasteiger partial charge in [-0.2, -0.15) is 4.31 Å². The Kier molecular flexibility index (Phi) is 10.9. The van der Waals surface area contributed by atoms with Crippen molar-refractivity contribution in [2.75, 3.05) is 6.61 Å². The van der Waals surface area contributed by atoms with Gasteiger partial charge in [-0.3, -0.25) is 4.52 Å². The highest BCUT2D eigenvalue weighted by atomic mass is 31.3. The molecule has 0 bridgehead atoms. The van der Waals surface area contributed by atoms with Crippen molar-refractivity contribution in [3.05, 3.63) is 34.9 Å². The van der Waals surface area contributed by atoms with Crippen LogP contribution < -0.4 is 0 Å². The summed E-state index contributed by atoms with van der Waals surface area (Å²) in [6.45, 7) is 7.82. The van der Waals surface area contributed by atoms with E-state index in [1.54, 1.807) is 6.08 Å². The van der Waals surface area contributed by atoms with Gasteiger partial charge in [-0.25, -0.2) is 9.13 Å². The second-order valence-corrected chi connectivity index (χ2v) is 8.63. The summed E-state index contributed by atoms with van der Waals surface area (Å²) in [6, 6.07) is 0. The Bertz CT molecular complexity index is 568. The van der Waals surface area contributed by atoms with Crippen LogP contribution >= 0.6 is 15.6 Å². The lowest BCUT2D eigenvalue weighted by atomic mass is 10.1. The van der Waals surface area contributed by atoms with Gasteiger partial charge in [-0.05, 0) is 53.4 Å². The predicted octanol–water partition coefficient (Wildman–Crippen LogP) is 4.63. The van der Waals surface area contributed by atoms with Crippen LogP contribution in [-0.2, 0) is 18.0 Å². The second-order valence-electron chi connectivity index (χ2n) is 5.80. The molecule has 0 aliphatic heterocycles. The minimum Gasteiger partial charge on any atom is -0.302 e. The molecule has 0 saturated heterocycles. The number of rotatable bonds is 11. The van der Waals surface area contributed by atoms with E-state index in [1.807, 2.05) is 6.92 Å². The molecule has 0 radical (unpaired) electrons. The molecule has 140 valence electrons. The SMILES string of the molecule is CC(C)=CCC/C(C)=C\CC/C(C)=C/COP(=O)(O)OP(=O)(O)O. The zero-order valence-electron chi connectivity index (χ0n) is 14.6. The third-order valence-electron chi connectivity index (χ3n) is 3.00. The average molecular weight is 382 g/mol. The summed E-state index contributed by atoms with van der Waals surface area (Å²) in [5.74, 6) is 0. The van der Waals surface area contributed by atoms with Gasteiger partial charge in [0.05, 0.1) is 6.61 Å². The summed E-state index contributed by atoms with van der Waals surface area (Å²) in [5, 5.41) is 0. The first-order valence-corrected chi connectivity index (χ1v) is 10.6. The van der Waals surface area contributed by atoms with E-state index in [0.717, 1.165) is 31.3 Å². The van der Waals surface area contributed by atoms with Gasteiger partial charge in [0.25, 0.3) is 0 Å². The number of hydrogen-bond acceptors (Lipinski definition) is 4. The average Bonchev–Trinajstić information content (AvgIpc) is 2.34. The van der Waals surface area contributed by atoms with E-state index in [1.165, 1.54) is 11.1 Å². The molecular weight excluding hydrogens is 354 g/mol. The Morgan fingerprint density at radius 1 is 0.875 bits per heavy atom. The zero-order chi connectivity index (χ0) is 18.8. The van der Waals surface area contributed by atoms with Crippen molar-refractivity contribution in [3.63, 3.8) is 0 Å². The molecule has 7 nitrogen and oxygen atoms in total. The van der Waals surface area contributed by atoms with Crippen LogP contribution in [0.3, 0.4) is 0 Å². The molecule has 0 rings (SSSR count). The summed E-state index contributed by atoms with van der Waals surface area (Å²) in [7, 11) is -9.82. The van der Waals surface area contributed by atoms with Crippen LogP contribution in [0.5, 0.6) is 0 Å². The molecule has 0 spiro atoms. The van der Waals surface area contributed by atoms with Gasteiger partial charge in [0.1, 0.15) is 0 Å². The Morgan fingerprint density at radius 3 is 1.88 bits per heavy atom. The van der Waals surface area contributed by atoms with E-state index >= 15 is 0 Å². The first-order chi connectivity index (χ1) is 10.9. The number of allylic oxidation sites excluding steroid dienone is 5. The van der Waals surface area contributed by atoms with E-state index in [0.29, 0.717) is 0 Å². The van der Waals surface area contributed by atoms with Gasteiger partial charge in [-0.15, -0.1) is 0 Å². The highest BCUT2D eigenvalue weighted by Crippen LogP contribution is 2.57. The fourth-order valence-electron chi connectivity index (χ4n) is 1.77. The van der Waals surface area contributed by atoms with Crippen LogP contribution in [0.25, 0.3) is 0 Å². The summed E-state index contributed by atoms with van der Waals surface area (Å²) < 4.78 is 29.9.